The third kappa shape index (κ3) is 6.86. The molecule has 0 saturated heterocycles. The number of benzene rings is 2. The van der Waals surface area contributed by atoms with E-state index < -0.39 is 16.1 Å². The Morgan fingerprint density at radius 3 is 2.28 bits per heavy atom. The van der Waals surface area contributed by atoms with Crippen LogP contribution in [0, 0.1) is 19.8 Å². The van der Waals surface area contributed by atoms with E-state index in [4.69, 9.17) is 4.52 Å². The molecule has 3 aromatic rings. The molecule has 9 nitrogen and oxygen atoms in total. The van der Waals surface area contributed by atoms with Gasteiger partial charge in [0.25, 0.3) is 10.0 Å². The molecule has 2 aromatic carbocycles. The van der Waals surface area contributed by atoms with Crippen molar-refractivity contribution in [2.75, 3.05) is 11.8 Å². The van der Waals surface area contributed by atoms with Crippen LogP contribution in [0.3, 0.4) is 0 Å². The Kier molecular flexibility index (Phi) is 9.91. The number of anilines is 1. The second-order valence-corrected chi connectivity index (χ2v) is 11.4. The number of nitrogens with one attached hydrogen (secondary N) is 2. The zero-order valence-electron chi connectivity index (χ0n) is 23.4. The largest absolute Gasteiger partial charge is 0.359 e. The van der Waals surface area contributed by atoms with Crippen LogP contribution in [-0.2, 0) is 26.2 Å². The SMILES string of the molecule is CCCC(=O)N(Cc1ccc(-c2ccccc2S(=O)(=O)Nc2noc(C)c2C)cc1)[C@H](C(=O)NC)C(C)CC. The van der Waals surface area contributed by atoms with Gasteiger partial charge in [-0.3, -0.25) is 14.3 Å². The van der Waals surface area contributed by atoms with Gasteiger partial charge in [-0.25, -0.2) is 8.42 Å². The van der Waals surface area contributed by atoms with Crippen LogP contribution in [0.1, 0.15) is 56.9 Å². The van der Waals surface area contributed by atoms with Gasteiger partial charge in [0.05, 0.1) is 4.90 Å². The summed E-state index contributed by atoms with van der Waals surface area (Å²) in [6.45, 7) is 9.64. The first-order valence-corrected chi connectivity index (χ1v) is 14.7. The van der Waals surface area contributed by atoms with Crippen LogP contribution >= 0.6 is 0 Å². The molecular formula is C29H38N4O5S. The molecule has 1 aromatic heterocycles. The highest BCUT2D eigenvalue weighted by Gasteiger charge is 2.32. The fourth-order valence-corrected chi connectivity index (χ4v) is 5.69. The maximum absolute atomic E-state index is 13.3. The number of hydrogen-bond acceptors (Lipinski definition) is 6. The van der Waals surface area contributed by atoms with E-state index >= 15 is 0 Å². The van der Waals surface area contributed by atoms with E-state index in [1.807, 2.05) is 45.0 Å². The van der Waals surface area contributed by atoms with Crippen molar-refractivity contribution in [1.29, 1.82) is 0 Å². The van der Waals surface area contributed by atoms with Gasteiger partial charge in [-0.1, -0.05) is 74.8 Å². The molecule has 10 heteroatoms. The summed E-state index contributed by atoms with van der Waals surface area (Å²) < 4.78 is 34.2. The topological polar surface area (TPSA) is 122 Å². The van der Waals surface area contributed by atoms with Crippen LogP contribution in [-0.4, -0.2) is 43.4 Å². The van der Waals surface area contributed by atoms with E-state index in [1.165, 1.54) is 0 Å². The van der Waals surface area contributed by atoms with Gasteiger partial charge in [-0.05, 0) is 43.4 Å². The van der Waals surface area contributed by atoms with Crippen molar-refractivity contribution in [2.24, 2.45) is 5.92 Å². The molecule has 0 fully saturated rings. The second kappa shape index (κ2) is 12.9. The molecule has 2 atom stereocenters. The summed E-state index contributed by atoms with van der Waals surface area (Å²) in [4.78, 5) is 27.7. The minimum Gasteiger partial charge on any atom is -0.359 e. The van der Waals surface area contributed by atoms with Gasteiger partial charge in [0.2, 0.25) is 11.8 Å². The molecule has 2 amide bonds. The first kappa shape index (κ1) is 29.9. The highest BCUT2D eigenvalue weighted by molar-refractivity contribution is 7.92. The van der Waals surface area contributed by atoms with Gasteiger partial charge in [0.15, 0.2) is 5.82 Å². The van der Waals surface area contributed by atoms with E-state index in [9.17, 15) is 18.0 Å². The molecule has 2 N–H and O–H groups in total. The fourth-order valence-electron chi connectivity index (χ4n) is 4.40. The molecule has 0 bridgehead atoms. The molecule has 39 heavy (non-hydrogen) atoms. The Hall–Kier alpha value is -3.66. The molecule has 0 saturated carbocycles. The van der Waals surface area contributed by atoms with Gasteiger partial charge in [-0.2, -0.15) is 0 Å². The minimum absolute atomic E-state index is 0.0215. The molecular weight excluding hydrogens is 516 g/mol. The highest BCUT2D eigenvalue weighted by Crippen LogP contribution is 2.30. The smallest absolute Gasteiger partial charge is 0.263 e. The monoisotopic (exact) mass is 554 g/mol. The Bertz CT molecular complexity index is 1400. The van der Waals surface area contributed by atoms with E-state index in [2.05, 4.69) is 15.2 Å². The predicted molar refractivity (Wildman–Crippen MR) is 151 cm³/mol. The van der Waals surface area contributed by atoms with Gasteiger partial charge in [-0.15, -0.1) is 0 Å². The average Bonchev–Trinajstić information content (AvgIpc) is 3.24. The van der Waals surface area contributed by atoms with E-state index in [1.54, 1.807) is 50.1 Å². The Balaban J connectivity index is 1.93. The normalized spacial score (nSPS) is 13.0. The summed E-state index contributed by atoms with van der Waals surface area (Å²) in [7, 11) is -2.37. The summed E-state index contributed by atoms with van der Waals surface area (Å²) in [6.07, 6.45) is 1.78. The van der Waals surface area contributed by atoms with E-state index in [0.29, 0.717) is 35.3 Å². The van der Waals surface area contributed by atoms with E-state index in [0.717, 1.165) is 12.0 Å². The number of likely N-dealkylation sites (N-methyl/N-ethyl adjacent to an activating group) is 1. The first-order valence-electron chi connectivity index (χ1n) is 13.2. The Morgan fingerprint density at radius 2 is 1.72 bits per heavy atom. The van der Waals surface area contributed by atoms with Crippen LogP contribution in [0.2, 0.25) is 0 Å². The third-order valence-electron chi connectivity index (χ3n) is 7.00. The third-order valence-corrected chi connectivity index (χ3v) is 8.40. The Labute approximate surface area is 231 Å². The van der Waals surface area contributed by atoms with Crippen molar-refractivity contribution in [3.8, 4) is 11.1 Å². The Morgan fingerprint density at radius 1 is 1.05 bits per heavy atom. The molecule has 210 valence electrons. The summed E-state index contributed by atoms with van der Waals surface area (Å²) >= 11 is 0. The molecule has 0 aliphatic carbocycles. The van der Waals surface area contributed by atoms with Crippen LogP contribution < -0.4 is 10.0 Å². The molecule has 0 aliphatic heterocycles. The lowest BCUT2D eigenvalue weighted by Gasteiger charge is -2.34. The zero-order valence-corrected chi connectivity index (χ0v) is 24.3. The fraction of sp³-hybridized carbons (Fsp3) is 0.414. The number of aryl methyl sites for hydroxylation is 1. The standard InChI is InChI=1S/C29H38N4O5S/c1-7-11-26(34)33(27(19(3)8-2)29(35)30-6)18-22-14-16-23(17-15-22)24-12-9-10-13-25(24)39(36,37)32-28-20(4)21(5)38-31-28/h9-10,12-17,19,27H,7-8,11,18H2,1-6H3,(H,30,35)(H,31,32)/t19?,27-/m0/s1. The quantitative estimate of drug-likeness (QED) is 0.323. The number of rotatable bonds is 12. The van der Waals surface area contributed by atoms with Crippen molar-refractivity contribution in [1.82, 2.24) is 15.4 Å². The zero-order chi connectivity index (χ0) is 28.7. The van der Waals surface area contributed by atoms with Crippen molar-refractivity contribution in [3.05, 3.63) is 65.4 Å². The van der Waals surface area contributed by atoms with Gasteiger partial charge >= 0.3 is 0 Å². The minimum atomic E-state index is -3.95. The maximum atomic E-state index is 13.3. The van der Waals surface area contributed by atoms with Crippen LogP contribution in [0.25, 0.3) is 11.1 Å². The number of sulfonamides is 1. The molecule has 1 unspecified atom stereocenters. The number of nitrogens with zero attached hydrogens (tertiary/aromatic N) is 2. The van der Waals surface area contributed by atoms with Crippen LogP contribution in [0.4, 0.5) is 5.82 Å². The number of carbonyl (C=O) groups is 2. The number of hydrogen-bond donors (Lipinski definition) is 2. The van der Waals surface area contributed by atoms with Gasteiger partial charge in [0.1, 0.15) is 11.8 Å². The summed E-state index contributed by atoms with van der Waals surface area (Å²) in [5.41, 5.74) is 2.68. The molecule has 0 radical (unpaired) electrons. The van der Waals surface area contributed by atoms with Crippen molar-refractivity contribution < 1.29 is 22.5 Å². The lowest BCUT2D eigenvalue weighted by Crippen LogP contribution is -2.51. The van der Waals surface area contributed by atoms with Gasteiger partial charge in [0, 0.05) is 31.1 Å². The predicted octanol–water partition coefficient (Wildman–Crippen LogP) is 5.05. The first-order chi connectivity index (χ1) is 18.5. The maximum Gasteiger partial charge on any atom is 0.263 e. The van der Waals surface area contributed by atoms with Crippen molar-refractivity contribution in [3.63, 3.8) is 0 Å². The summed E-state index contributed by atoms with van der Waals surface area (Å²) in [5.74, 6) is 0.411. The van der Waals surface area contributed by atoms with Crippen molar-refractivity contribution in [2.45, 2.75) is 71.4 Å². The molecule has 1 heterocycles. The van der Waals surface area contributed by atoms with Crippen LogP contribution in [0.15, 0.2) is 57.9 Å². The van der Waals surface area contributed by atoms with Gasteiger partial charge < -0.3 is 14.7 Å². The average molecular weight is 555 g/mol. The lowest BCUT2D eigenvalue weighted by molar-refractivity contribution is -0.143. The van der Waals surface area contributed by atoms with E-state index in [-0.39, 0.29) is 35.0 Å². The van der Waals surface area contributed by atoms with Crippen LogP contribution in [0.5, 0.6) is 0 Å². The highest BCUT2D eigenvalue weighted by atomic mass is 32.2. The summed E-state index contributed by atoms with van der Waals surface area (Å²) in [5, 5.41) is 6.53. The van der Waals surface area contributed by atoms with Crippen molar-refractivity contribution >= 4 is 27.7 Å². The molecule has 0 spiro atoms. The molecule has 3 rings (SSSR count). The number of carbonyl (C=O) groups excluding carboxylic acids is 2. The number of aromatic nitrogens is 1. The lowest BCUT2D eigenvalue weighted by atomic mass is 9.95. The number of amides is 2. The molecule has 0 aliphatic rings. The summed E-state index contributed by atoms with van der Waals surface area (Å²) in [6, 6.07) is 13.5. The second-order valence-electron chi connectivity index (χ2n) is 9.73.